The van der Waals surface area contributed by atoms with Gasteiger partial charge in [0.05, 0.1) is 0 Å². The average Bonchev–Trinajstić information content (AvgIpc) is 2.80. The summed E-state index contributed by atoms with van der Waals surface area (Å²) < 4.78 is 11.4. The molecular formula is C28H54N6O4. The third-order valence-corrected chi connectivity index (χ3v) is 5.95. The van der Waals surface area contributed by atoms with Crippen LogP contribution in [-0.4, -0.2) is 87.5 Å². The summed E-state index contributed by atoms with van der Waals surface area (Å²) in [4.78, 5) is 31.2. The number of nitrogens with two attached hydrogens (primary N) is 2. The molecule has 38 heavy (non-hydrogen) atoms. The first-order valence-corrected chi connectivity index (χ1v) is 13.4. The van der Waals surface area contributed by atoms with E-state index in [1.165, 1.54) is 0 Å². The van der Waals surface area contributed by atoms with Crippen molar-refractivity contribution in [2.24, 2.45) is 11.5 Å². The number of ether oxygens (including phenoxy) is 2. The van der Waals surface area contributed by atoms with Crippen LogP contribution in [0.25, 0.3) is 0 Å². The van der Waals surface area contributed by atoms with Gasteiger partial charge in [0.25, 0.3) is 0 Å². The van der Waals surface area contributed by atoms with Crippen molar-refractivity contribution < 1.29 is 19.1 Å². The van der Waals surface area contributed by atoms with Crippen molar-refractivity contribution >= 4 is 12.2 Å². The highest BCUT2D eigenvalue weighted by atomic mass is 16.6. The van der Waals surface area contributed by atoms with Gasteiger partial charge in [-0.05, 0) is 97.1 Å². The lowest BCUT2D eigenvalue weighted by Crippen LogP contribution is -2.48. The highest BCUT2D eigenvalue weighted by molar-refractivity contribution is 5.71. The molecule has 10 nitrogen and oxygen atoms in total. The van der Waals surface area contributed by atoms with Gasteiger partial charge in [-0.2, -0.15) is 0 Å². The summed E-state index contributed by atoms with van der Waals surface area (Å²) >= 11 is 0. The number of nitrogens with one attached hydrogen (secondary N) is 1. The Hall–Kier alpha value is -2.40. The smallest absolute Gasteiger partial charge is 0.415 e. The zero-order valence-electron chi connectivity index (χ0n) is 23.8. The van der Waals surface area contributed by atoms with Crippen molar-refractivity contribution in [3.8, 4) is 5.75 Å². The average molecular weight is 539 g/mol. The Labute approximate surface area is 231 Å². The topological polar surface area (TPSA) is 126 Å². The molecule has 1 rings (SSSR count). The maximum Gasteiger partial charge on any atom is 0.415 e. The second-order valence-corrected chi connectivity index (χ2v) is 10.1. The van der Waals surface area contributed by atoms with Gasteiger partial charge in [0.1, 0.15) is 18.1 Å². The molecule has 10 heteroatoms. The molecule has 2 amide bonds. The molecule has 0 spiro atoms. The van der Waals surface area contributed by atoms with Gasteiger partial charge in [0, 0.05) is 13.1 Å². The Morgan fingerprint density at radius 2 is 1.53 bits per heavy atom. The summed E-state index contributed by atoms with van der Waals surface area (Å²) in [5.41, 5.74) is 12.6. The second-order valence-electron chi connectivity index (χ2n) is 10.1. The van der Waals surface area contributed by atoms with Crippen molar-refractivity contribution in [3.63, 3.8) is 0 Å². The van der Waals surface area contributed by atoms with E-state index in [-0.39, 0.29) is 13.5 Å². The molecule has 0 heterocycles. The fourth-order valence-electron chi connectivity index (χ4n) is 3.95. The maximum absolute atomic E-state index is 13.1. The largest absolute Gasteiger partial charge is 0.441 e. The minimum Gasteiger partial charge on any atom is -0.441 e. The number of hydrogen-bond acceptors (Lipinski definition) is 8. The molecule has 0 aliphatic carbocycles. The van der Waals surface area contributed by atoms with E-state index >= 15 is 0 Å². The van der Waals surface area contributed by atoms with Crippen LogP contribution >= 0.6 is 0 Å². The van der Waals surface area contributed by atoms with Crippen LogP contribution < -0.4 is 21.5 Å². The number of amides is 2. The van der Waals surface area contributed by atoms with Crippen LogP contribution in [0.2, 0.25) is 0 Å². The predicted octanol–water partition coefficient (Wildman–Crippen LogP) is 4.27. The lowest BCUT2D eigenvalue weighted by atomic mass is 10.0. The Morgan fingerprint density at radius 1 is 0.921 bits per heavy atom. The van der Waals surface area contributed by atoms with Gasteiger partial charge in [-0.15, -0.1) is 0 Å². The van der Waals surface area contributed by atoms with Gasteiger partial charge in [0.15, 0.2) is 0 Å². The second kappa shape index (κ2) is 19.6. The van der Waals surface area contributed by atoms with Crippen molar-refractivity contribution in [1.82, 2.24) is 20.0 Å². The van der Waals surface area contributed by atoms with E-state index in [4.69, 9.17) is 20.9 Å². The van der Waals surface area contributed by atoms with Crippen molar-refractivity contribution in [2.45, 2.75) is 78.6 Å². The number of nitrogens with zero attached hydrogens (tertiary/aromatic N) is 3. The quantitative estimate of drug-likeness (QED) is 0.198. The number of benzene rings is 1. The van der Waals surface area contributed by atoms with Crippen LogP contribution in [0.1, 0.15) is 76.5 Å². The molecule has 1 aromatic carbocycles. The number of unbranched alkanes of at least 4 members (excludes halogenated alkanes) is 3. The highest BCUT2D eigenvalue weighted by Gasteiger charge is 2.21. The number of rotatable bonds is 17. The van der Waals surface area contributed by atoms with E-state index in [0.29, 0.717) is 25.3 Å². The normalized spacial score (nSPS) is 11.9. The summed E-state index contributed by atoms with van der Waals surface area (Å²) in [5, 5.41) is 2.37. The minimum atomic E-state index is -0.991. The number of aryl methyl sites for hydroxylation is 1. The Balaban J connectivity index is 0.0000137. The van der Waals surface area contributed by atoms with Gasteiger partial charge < -0.3 is 24.2 Å². The Bertz CT molecular complexity index is 790. The van der Waals surface area contributed by atoms with Crippen molar-refractivity contribution in [3.05, 3.63) is 29.3 Å². The van der Waals surface area contributed by atoms with E-state index in [0.717, 1.165) is 62.7 Å². The molecule has 0 aliphatic rings. The van der Waals surface area contributed by atoms with E-state index in [1.807, 2.05) is 47.2 Å². The van der Waals surface area contributed by atoms with E-state index < -0.39 is 18.5 Å². The van der Waals surface area contributed by atoms with Crippen molar-refractivity contribution in [1.29, 1.82) is 0 Å². The summed E-state index contributed by atoms with van der Waals surface area (Å²) in [5.74, 6) is 0.497. The third-order valence-electron chi connectivity index (χ3n) is 5.95. The lowest BCUT2D eigenvalue weighted by molar-refractivity contribution is 0.0881. The molecule has 0 saturated carbocycles. The van der Waals surface area contributed by atoms with Crippen LogP contribution in [0.15, 0.2) is 18.2 Å². The molecule has 0 aromatic heterocycles. The monoisotopic (exact) mass is 538 g/mol. The third kappa shape index (κ3) is 15.1. The van der Waals surface area contributed by atoms with Gasteiger partial charge in [-0.3, -0.25) is 16.8 Å². The van der Waals surface area contributed by atoms with Gasteiger partial charge in [-0.1, -0.05) is 39.7 Å². The molecule has 5 N–H and O–H groups in total. The molecule has 1 unspecified atom stereocenters. The number of carbonyl (C=O) groups is 2. The first-order valence-electron chi connectivity index (χ1n) is 13.4. The fourth-order valence-corrected chi connectivity index (χ4v) is 3.95. The SMILES string of the molecule is C.CCCCCCC(OC(=O)NC(N)N)c1ccc(OC(=O)N(CCCN(C)C)CCCN(C)C)c(C)c1. The standard InChI is InChI=1S/C27H50N6O4.CH4/c1-7-8-9-10-13-24(36-26(34)30-25(28)29)22-14-15-23(21(2)20-22)37-27(35)33(18-11-16-31(3)4)19-12-17-32(5)6;/h14-15,20,24-25H,7-13,16-19,28-29H2,1-6H3,(H,30,34);1H4. The summed E-state index contributed by atoms with van der Waals surface area (Å²) in [6, 6.07) is 5.53. The molecule has 0 fully saturated rings. The van der Waals surface area contributed by atoms with Crippen LogP contribution in [0.5, 0.6) is 5.75 Å². The van der Waals surface area contributed by atoms with Crippen LogP contribution in [0, 0.1) is 6.92 Å². The van der Waals surface area contributed by atoms with Crippen LogP contribution in [0.4, 0.5) is 9.59 Å². The minimum absolute atomic E-state index is 0. The van der Waals surface area contributed by atoms with Gasteiger partial charge in [0.2, 0.25) is 0 Å². The molecule has 220 valence electrons. The van der Waals surface area contributed by atoms with E-state index in [9.17, 15) is 9.59 Å². The van der Waals surface area contributed by atoms with Crippen molar-refractivity contribution in [2.75, 3.05) is 54.4 Å². The number of alkyl carbamates (subject to hydrolysis) is 1. The van der Waals surface area contributed by atoms with Gasteiger partial charge in [-0.25, -0.2) is 9.59 Å². The first kappa shape index (κ1) is 35.6. The molecule has 1 atom stereocenters. The fraction of sp³-hybridized carbons (Fsp3) is 0.714. The van der Waals surface area contributed by atoms with E-state index in [1.54, 1.807) is 11.0 Å². The maximum atomic E-state index is 13.1. The highest BCUT2D eigenvalue weighted by Crippen LogP contribution is 2.29. The summed E-state index contributed by atoms with van der Waals surface area (Å²) in [6.07, 6.45) is 4.19. The summed E-state index contributed by atoms with van der Waals surface area (Å²) in [6.45, 7) is 7.10. The Kier molecular flexibility index (Phi) is 18.4. The van der Waals surface area contributed by atoms with Crippen LogP contribution in [0.3, 0.4) is 0 Å². The molecule has 0 aliphatic heterocycles. The number of hydrogen-bond donors (Lipinski definition) is 3. The zero-order valence-corrected chi connectivity index (χ0v) is 23.8. The lowest BCUT2D eigenvalue weighted by Gasteiger charge is -2.24. The summed E-state index contributed by atoms with van der Waals surface area (Å²) in [7, 11) is 8.09. The zero-order chi connectivity index (χ0) is 27.8. The molecular weight excluding hydrogens is 484 g/mol. The van der Waals surface area contributed by atoms with Gasteiger partial charge >= 0.3 is 12.2 Å². The van der Waals surface area contributed by atoms with Crippen LogP contribution in [-0.2, 0) is 4.74 Å². The number of carbonyl (C=O) groups excluding carboxylic acids is 2. The molecule has 0 bridgehead atoms. The molecule has 0 radical (unpaired) electrons. The van der Waals surface area contributed by atoms with E-state index in [2.05, 4.69) is 22.0 Å². The molecule has 1 aromatic rings. The first-order chi connectivity index (χ1) is 17.5. The molecule has 0 saturated heterocycles. The Morgan fingerprint density at radius 3 is 2.03 bits per heavy atom. The predicted molar refractivity (Wildman–Crippen MR) is 155 cm³/mol.